The van der Waals surface area contributed by atoms with E-state index in [9.17, 15) is 61.3 Å². The van der Waals surface area contributed by atoms with Gasteiger partial charge in [0.15, 0.2) is 12.6 Å². The summed E-state index contributed by atoms with van der Waals surface area (Å²) in [6.45, 7) is 12.3. The summed E-state index contributed by atoms with van der Waals surface area (Å²) in [5.41, 5.74) is -3.84. The molecule has 0 unspecified atom stereocenters. The Hall–Kier alpha value is -1.47. The molecule has 0 aromatic heterocycles. The molecule has 3 aliphatic heterocycles. The Morgan fingerprint density at radius 1 is 0.682 bits per heavy atom. The number of aliphatic hydroxyl groups excluding tert-OH is 12. The molecular weight excluding hydrogens is 868 g/mol. The van der Waals surface area contributed by atoms with Gasteiger partial charge in [0.25, 0.3) is 0 Å². The molecule has 7 fully saturated rings. The zero-order chi connectivity index (χ0) is 48.4. The van der Waals surface area contributed by atoms with Gasteiger partial charge in [0.2, 0.25) is 6.29 Å². The van der Waals surface area contributed by atoms with Gasteiger partial charge in [-0.3, -0.25) is 4.79 Å². The second-order valence-electron chi connectivity index (χ2n) is 23.1. The van der Waals surface area contributed by atoms with Crippen molar-refractivity contribution in [2.24, 2.45) is 50.2 Å². The molecular formula is C47H76O19. The van der Waals surface area contributed by atoms with Crippen LogP contribution in [-0.4, -0.2) is 191 Å². The Bertz CT molecular complexity index is 1820. The van der Waals surface area contributed by atoms with Gasteiger partial charge >= 0.3 is 5.97 Å². The fraction of sp³-hybridized carbons (Fsp3) is 0.936. The number of rotatable bonds is 9. The number of carbonyl (C=O) groups is 1. The van der Waals surface area contributed by atoms with Crippen molar-refractivity contribution >= 4 is 5.97 Å². The van der Waals surface area contributed by atoms with Gasteiger partial charge in [0.05, 0.1) is 44.2 Å². The van der Waals surface area contributed by atoms with Crippen LogP contribution in [-0.2, 0) is 33.2 Å². The van der Waals surface area contributed by atoms with Crippen molar-refractivity contribution in [3.05, 3.63) is 11.6 Å². The smallest absolute Gasteiger partial charge is 0.317 e. The highest BCUT2D eigenvalue weighted by atomic mass is 16.8. The summed E-state index contributed by atoms with van der Waals surface area (Å²) in [6.07, 6.45) is -20.2. The number of ether oxygens (including phenoxy) is 6. The molecule has 19 nitrogen and oxygen atoms in total. The first-order valence-electron chi connectivity index (χ1n) is 23.9. The summed E-state index contributed by atoms with van der Waals surface area (Å²) in [5.74, 6) is -1.69. The number of hydrogen-bond acceptors (Lipinski definition) is 19. The summed E-state index contributed by atoms with van der Waals surface area (Å²) in [7, 11) is 0. The van der Waals surface area contributed by atoms with Crippen LogP contribution in [0.25, 0.3) is 0 Å². The minimum Gasteiger partial charge on any atom is -0.432 e. The summed E-state index contributed by atoms with van der Waals surface area (Å²) in [4.78, 5) is 15.6. The van der Waals surface area contributed by atoms with Gasteiger partial charge in [-0.2, -0.15) is 0 Å². The Kier molecular flexibility index (Phi) is 13.6. The number of aliphatic hydroxyl groups is 12. The fourth-order valence-corrected chi connectivity index (χ4v) is 14.9. The van der Waals surface area contributed by atoms with E-state index >= 15 is 4.79 Å². The van der Waals surface area contributed by atoms with Crippen LogP contribution in [0.1, 0.15) is 99.8 Å². The predicted octanol–water partition coefficient (Wildman–Crippen LogP) is -1.28. The van der Waals surface area contributed by atoms with E-state index in [1.165, 1.54) is 6.92 Å². The second-order valence-corrected chi connectivity index (χ2v) is 23.1. The average molecular weight is 945 g/mol. The zero-order valence-electron chi connectivity index (χ0n) is 39.1. The summed E-state index contributed by atoms with van der Waals surface area (Å²) in [6, 6.07) is 0. The van der Waals surface area contributed by atoms with Crippen LogP contribution in [0.5, 0.6) is 0 Å². The normalized spacial score (nSPS) is 55.7. The predicted molar refractivity (Wildman–Crippen MR) is 227 cm³/mol. The molecule has 8 aliphatic rings. The van der Waals surface area contributed by atoms with Crippen LogP contribution in [0, 0.1) is 50.2 Å². The van der Waals surface area contributed by atoms with E-state index in [0.717, 1.165) is 5.57 Å². The van der Waals surface area contributed by atoms with Crippen molar-refractivity contribution in [1.82, 2.24) is 0 Å². The maximum absolute atomic E-state index is 15.6. The molecule has 4 saturated carbocycles. The van der Waals surface area contributed by atoms with E-state index in [0.29, 0.717) is 38.5 Å². The van der Waals surface area contributed by atoms with Crippen molar-refractivity contribution in [3.63, 3.8) is 0 Å². The largest absolute Gasteiger partial charge is 0.432 e. The van der Waals surface area contributed by atoms with Gasteiger partial charge in [-0.25, -0.2) is 0 Å². The van der Waals surface area contributed by atoms with E-state index in [1.807, 2.05) is 6.92 Å². The minimum atomic E-state index is -1.85. The lowest BCUT2D eigenvalue weighted by molar-refractivity contribution is -0.358. The Labute approximate surface area is 385 Å². The lowest BCUT2D eigenvalue weighted by Crippen LogP contribution is -2.70. The van der Waals surface area contributed by atoms with Crippen LogP contribution in [0.4, 0.5) is 0 Å². The van der Waals surface area contributed by atoms with Gasteiger partial charge in [-0.05, 0) is 97.7 Å². The first kappa shape index (κ1) is 50.9. The molecule has 0 bridgehead atoms. The zero-order valence-corrected chi connectivity index (χ0v) is 39.1. The fourth-order valence-electron chi connectivity index (χ4n) is 14.9. The van der Waals surface area contributed by atoms with Gasteiger partial charge in [-0.1, -0.05) is 53.2 Å². The van der Waals surface area contributed by atoms with E-state index in [1.54, 1.807) is 0 Å². The highest BCUT2D eigenvalue weighted by molar-refractivity contribution is 5.80. The average Bonchev–Trinajstić information content (AvgIpc) is 3.54. The number of hydrogen-bond donors (Lipinski definition) is 12. The number of allylic oxidation sites excluding steroid dienone is 2. The van der Waals surface area contributed by atoms with Crippen molar-refractivity contribution in [1.29, 1.82) is 0 Å². The molecule has 19 heteroatoms. The molecule has 3 heterocycles. The standard InChI is InChI=1S/C47H76O19/c1-20-29(52)32(55)35(58)38(61-20)66-41(60)47-13-12-42(2,3)14-22(47)21-8-9-27-43(4)15-23(51)37(59)44(5,19-50)26(43)10-11-45(27,6)46(21,7)16-28(47)64-40-36(33(56)30(53)24(17-48)63-40)65-39-34(57)31(54)25(18-49)62-39/h8,20,22-40,48-59H,9-19H2,1-7H3/t20-,22-,23-,24+,25+,26+,27+,28+,29-,30+,31+,32+,33-,34-,35+,36+,37-,38-,39-,40-,43-,44-,45+,46+,47+/m0/s1. The van der Waals surface area contributed by atoms with Gasteiger partial charge in [-0.15, -0.1) is 0 Å². The third-order valence-electron chi connectivity index (χ3n) is 19.1. The molecule has 0 aromatic carbocycles. The van der Waals surface area contributed by atoms with Crippen molar-refractivity contribution in [3.8, 4) is 0 Å². The van der Waals surface area contributed by atoms with Crippen LogP contribution in [0.15, 0.2) is 11.6 Å². The Balaban J connectivity index is 1.26. The van der Waals surface area contributed by atoms with Gasteiger partial charge in [0.1, 0.15) is 66.5 Å². The minimum absolute atomic E-state index is 0.105. The van der Waals surface area contributed by atoms with Crippen LogP contribution in [0.2, 0.25) is 0 Å². The molecule has 378 valence electrons. The molecule has 3 saturated heterocycles. The van der Waals surface area contributed by atoms with E-state index in [-0.39, 0.29) is 36.7 Å². The van der Waals surface area contributed by atoms with Crippen LogP contribution in [0.3, 0.4) is 0 Å². The number of fused-ring (bicyclic) bond motifs is 7. The van der Waals surface area contributed by atoms with E-state index < -0.39 is 157 Å². The molecule has 0 amide bonds. The maximum Gasteiger partial charge on any atom is 0.317 e. The number of esters is 1. The number of carbonyl (C=O) groups excluding carboxylic acids is 1. The van der Waals surface area contributed by atoms with E-state index in [2.05, 4.69) is 40.7 Å². The van der Waals surface area contributed by atoms with Gasteiger partial charge in [0, 0.05) is 5.41 Å². The first-order chi connectivity index (χ1) is 30.8. The molecule has 25 atom stereocenters. The lowest BCUT2D eigenvalue weighted by Gasteiger charge is -2.72. The molecule has 5 aliphatic carbocycles. The molecule has 0 aromatic rings. The Morgan fingerprint density at radius 2 is 1.30 bits per heavy atom. The molecule has 66 heavy (non-hydrogen) atoms. The monoisotopic (exact) mass is 944 g/mol. The molecule has 0 spiro atoms. The SMILES string of the molecule is C[C@@H]1O[C@@H](OC(=O)[C@]23CCC(C)(C)C[C@H]2C2=CC[C@@H]4[C@@]5(C)C[C@H](O)[C@H](O)[C@@](C)(CO)[C@@H]5CC[C@@]4(C)[C@]2(C)C[C@H]3O[C@@H]2O[C@H](CO)[C@@H](O)[C@H](O)[C@H]2O[C@@H]2O[C@H](CO)[C@@H](O)[C@@H]2O)[C@H](O)[C@H](O)[C@H]1O. The third-order valence-corrected chi connectivity index (χ3v) is 19.1. The highest BCUT2D eigenvalue weighted by Gasteiger charge is 2.73. The summed E-state index contributed by atoms with van der Waals surface area (Å²) >= 11 is 0. The van der Waals surface area contributed by atoms with Crippen molar-refractivity contribution < 1.29 is 94.5 Å². The lowest BCUT2D eigenvalue weighted by atomic mass is 9.33. The van der Waals surface area contributed by atoms with Crippen molar-refractivity contribution in [2.45, 2.75) is 204 Å². The van der Waals surface area contributed by atoms with E-state index in [4.69, 9.17) is 28.4 Å². The Morgan fingerprint density at radius 3 is 1.94 bits per heavy atom. The quantitative estimate of drug-likeness (QED) is 0.0947. The topological polar surface area (TPSA) is 315 Å². The third kappa shape index (κ3) is 7.51. The van der Waals surface area contributed by atoms with Crippen LogP contribution >= 0.6 is 0 Å². The van der Waals surface area contributed by atoms with Crippen LogP contribution < -0.4 is 0 Å². The first-order valence-corrected chi connectivity index (χ1v) is 23.9. The molecule has 8 rings (SSSR count). The van der Waals surface area contributed by atoms with Crippen molar-refractivity contribution in [2.75, 3.05) is 19.8 Å². The summed E-state index contributed by atoms with van der Waals surface area (Å²) in [5, 5.41) is 131. The molecule has 0 radical (unpaired) electrons. The molecule has 12 N–H and O–H groups in total. The summed E-state index contributed by atoms with van der Waals surface area (Å²) < 4.78 is 37.0. The van der Waals surface area contributed by atoms with Gasteiger partial charge < -0.3 is 89.7 Å². The second kappa shape index (κ2) is 17.7. The highest BCUT2D eigenvalue weighted by Crippen LogP contribution is 2.76. The maximum atomic E-state index is 15.6.